The lowest BCUT2D eigenvalue weighted by molar-refractivity contribution is -0.0422. The monoisotopic (exact) mass is 268 g/mol. The van der Waals surface area contributed by atoms with E-state index in [4.69, 9.17) is 16.3 Å². The van der Waals surface area contributed by atoms with Gasteiger partial charge in [-0.05, 0) is 48.4 Å². The molecule has 1 fully saturated rings. The Morgan fingerprint density at radius 2 is 2.06 bits per heavy atom. The van der Waals surface area contributed by atoms with E-state index in [1.54, 1.807) is 7.11 Å². The predicted octanol–water partition coefficient (Wildman–Crippen LogP) is 3.83. The number of benzene rings is 1. The molecule has 0 saturated heterocycles. The Kier molecular flexibility index (Phi) is 3.61. The highest BCUT2D eigenvalue weighted by Crippen LogP contribution is 2.48. The third kappa shape index (κ3) is 2.36. The van der Waals surface area contributed by atoms with E-state index in [0.717, 1.165) is 30.6 Å². The Bertz CT molecular complexity index is 442. The van der Waals surface area contributed by atoms with Crippen molar-refractivity contribution in [2.24, 2.45) is 5.41 Å². The molecule has 2 rings (SSSR count). The summed E-state index contributed by atoms with van der Waals surface area (Å²) in [6.07, 6.45) is 3.58. The van der Waals surface area contributed by atoms with E-state index in [1.807, 2.05) is 18.2 Å². The number of hydrogen-bond acceptors (Lipinski definition) is 2. The van der Waals surface area contributed by atoms with Crippen LogP contribution in [0, 0.1) is 5.41 Å². The molecule has 0 aliphatic heterocycles. The molecule has 3 heteroatoms. The molecule has 1 aromatic carbocycles. The van der Waals surface area contributed by atoms with Crippen LogP contribution in [0.1, 0.15) is 38.7 Å². The SMILES string of the molecule is COc1ccc(Cl)cc1CC1(O)CCCC1(C)C. The van der Waals surface area contributed by atoms with Crippen molar-refractivity contribution in [1.29, 1.82) is 0 Å². The van der Waals surface area contributed by atoms with Crippen molar-refractivity contribution >= 4 is 11.6 Å². The summed E-state index contributed by atoms with van der Waals surface area (Å²) >= 11 is 6.04. The summed E-state index contributed by atoms with van der Waals surface area (Å²) in [6, 6.07) is 5.57. The maximum absolute atomic E-state index is 10.9. The summed E-state index contributed by atoms with van der Waals surface area (Å²) in [6.45, 7) is 4.27. The minimum absolute atomic E-state index is 0.0552. The summed E-state index contributed by atoms with van der Waals surface area (Å²) in [4.78, 5) is 0. The van der Waals surface area contributed by atoms with E-state index in [0.29, 0.717) is 11.4 Å². The molecule has 1 aliphatic carbocycles. The summed E-state index contributed by atoms with van der Waals surface area (Å²) in [5.41, 5.74) is 0.271. The van der Waals surface area contributed by atoms with Crippen LogP contribution in [0.25, 0.3) is 0 Å². The molecule has 0 amide bonds. The van der Waals surface area contributed by atoms with Crippen LogP contribution in [0.5, 0.6) is 5.75 Å². The molecular weight excluding hydrogens is 248 g/mol. The van der Waals surface area contributed by atoms with Gasteiger partial charge in [0.2, 0.25) is 0 Å². The van der Waals surface area contributed by atoms with Crippen molar-refractivity contribution in [3.05, 3.63) is 28.8 Å². The topological polar surface area (TPSA) is 29.5 Å². The van der Waals surface area contributed by atoms with Gasteiger partial charge in [-0.3, -0.25) is 0 Å². The van der Waals surface area contributed by atoms with Crippen LogP contribution in [0.4, 0.5) is 0 Å². The average Bonchev–Trinajstić information content (AvgIpc) is 2.53. The minimum atomic E-state index is -0.662. The predicted molar refractivity (Wildman–Crippen MR) is 74.3 cm³/mol. The summed E-state index contributed by atoms with van der Waals surface area (Å²) < 4.78 is 5.35. The molecule has 0 bridgehead atoms. The first-order chi connectivity index (χ1) is 8.38. The number of rotatable bonds is 3. The van der Waals surface area contributed by atoms with Crippen LogP contribution in [0.2, 0.25) is 5.02 Å². The van der Waals surface area contributed by atoms with Gasteiger partial charge in [-0.2, -0.15) is 0 Å². The zero-order valence-electron chi connectivity index (χ0n) is 11.3. The normalized spacial score (nSPS) is 26.3. The highest BCUT2D eigenvalue weighted by molar-refractivity contribution is 6.30. The third-order valence-corrected chi connectivity index (χ3v) is 4.61. The van der Waals surface area contributed by atoms with Crippen molar-refractivity contribution < 1.29 is 9.84 Å². The molecular formula is C15H21ClO2. The second kappa shape index (κ2) is 4.75. The van der Waals surface area contributed by atoms with E-state index in [2.05, 4.69) is 13.8 Å². The molecule has 0 aromatic heterocycles. The molecule has 1 aromatic rings. The first-order valence-corrected chi connectivity index (χ1v) is 6.81. The summed E-state index contributed by atoms with van der Waals surface area (Å²) in [5, 5.41) is 11.6. The lowest BCUT2D eigenvalue weighted by Gasteiger charge is -2.37. The van der Waals surface area contributed by atoms with Crippen LogP contribution in [0.15, 0.2) is 18.2 Å². The third-order valence-electron chi connectivity index (χ3n) is 4.38. The molecule has 1 saturated carbocycles. The zero-order valence-corrected chi connectivity index (χ0v) is 12.0. The van der Waals surface area contributed by atoms with Crippen molar-refractivity contribution in [2.45, 2.75) is 45.1 Å². The number of halogens is 1. The first kappa shape index (κ1) is 13.7. The smallest absolute Gasteiger partial charge is 0.122 e. The Morgan fingerprint density at radius 3 is 2.61 bits per heavy atom. The van der Waals surface area contributed by atoms with E-state index >= 15 is 0 Å². The van der Waals surface area contributed by atoms with Gasteiger partial charge in [0.05, 0.1) is 12.7 Å². The molecule has 0 radical (unpaired) electrons. The second-order valence-corrected chi connectivity index (χ2v) is 6.34. The number of ether oxygens (including phenoxy) is 1. The fraction of sp³-hybridized carbons (Fsp3) is 0.600. The molecule has 1 atom stereocenters. The van der Waals surface area contributed by atoms with Gasteiger partial charge < -0.3 is 9.84 Å². The average molecular weight is 269 g/mol. The molecule has 1 aliphatic rings. The van der Waals surface area contributed by atoms with Crippen molar-refractivity contribution in [3.63, 3.8) is 0 Å². The van der Waals surface area contributed by atoms with Crippen LogP contribution in [-0.4, -0.2) is 17.8 Å². The van der Waals surface area contributed by atoms with E-state index in [1.165, 1.54) is 0 Å². The Morgan fingerprint density at radius 1 is 1.33 bits per heavy atom. The van der Waals surface area contributed by atoms with Crippen molar-refractivity contribution in [1.82, 2.24) is 0 Å². The highest BCUT2D eigenvalue weighted by Gasteiger charge is 2.47. The fourth-order valence-corrected chi connectivity index (χ4v) is 3.12. The Labute approximate surface area is 114 Å². The molecule has 0 heterocycles. The fourth-order valence-electron chi connectivity index (χ4n) is 2.92. The lowest BCUT2D eigenvalue weighted by atomic mass is 9.74. The number of hydrogen-bond donors (Lipinski definition) is 1. The molecule has 2 nitrogen and oxygen atoms in total. The van der Waals surface area contributed by atoms with Gasteiger partial charge in [-0.25, -0.2) is 0 Å². The largest absolute Gasteiger partial charge is 0.496 e. The van der Waals surface area contributed by atoms with E-state index < -0.39 is 5.60 Å². The maximum atomic E-state index is 10.9. The molecule has 1 N–H and O–H groups in total. The highest BCUT2D eigenvalue weighted by atomic mass is 35.5. The molecule has 1 unspecified atom stereocenters. The van der Waals surface area contributed by atoms with E-state index in [9.17, 15) is 5.11 Å². The van der Waals surface area contributed by atoms with Crippen LogP contribution >= 0.6 is 11.6 Å². The Hall–Kier alpha value is -0.730. The first-order valence-electron chi connectivity index (χ1n) is 6.43. The summed E-state index contributed by atoms with van der Waals surface area (Å²) in [7, 11) is 1.65. The molecule has 18 heavy (non-hydrogen) atoms. The van der Waals surface area contributed by atoms with Gasteiger partial charge in [0, 0.05) is 11.4 Å². The van der Waals surface area contributed by atoms with Gasteiger partial charge in [0.25, 0.3) is 0 Å². The maximum Gasteiger partial charge on any atom is 0.122 e. The van der Waals surface area contributed by atoms with Gasteiger partial charge in [-0.1, -0.05) is 25.4 Å². The molecule has 100 valence electrons. The summed E-state index contributed by atoms with van der Waals surface area (Å²) in [5.74, 6) is 0.801. The van der Waals surface area contributed by atoms with Crippen LogP contribution in [-0.2, 0) is 6.42 Å². The van der Waals surface area contributed by atoms with Crippen molar-refractivity contribution in [2.75, 3.05) is 7.11 Å². The Balaban J connectivity index is 2.31. The quantitative estimate of drug-likeness (QED) is 0.903. The molecule has 0 spiro atoms. The van der Waals surface area contributed by atoms with E-state index in [-0.39, 0.29) is 5.41 Å². The number of aliphatic hydroxyl groups is 1. The van der Waals surface area contributed by atoms with Crippen LogP contribution in [0.3, 0.4) is 0 Å². The van der Waals surface area contributed by atoms with Crippen molar-refractivity contribution in [3.8, 4) is 5.75 Å². The van der Waals surface area contributed by atoms with Gasteiger partial charge >= 0.3 is 0 Å². The second-order valence-electron chi connectivity index (χ2n) is 5.90. The minimum Gasteiger partial charge on any atom is -0.496 e. The zero-order chi connectivity index (χ0) is 13.4. The van der Waals surface area contributed by atoms with Crippen LogP contribution < -0.4 is 4.74 Å². The standard InChI is InChI=1S/C15H21ClO2/c1-14(2)7-4-8-15(14,17)10-11-9-12(16)5-6-13(11)18-3/h5-6,9,17H,4,7-8,10H2,1-3H3. The van der Waals surface area contributed by atoms with Gasteiger partial charge in [0.1, 0.15) is 5.75 Å². The van der Waals surface area contributed by atoms with Gasteiger partial charge in [-0.15, -0.1) is 0 Å². The number of methoxy groups -OCH3 is 1. The van der Waals surface area contributed by atoms with Gasteiger partial charge in [0.15, 0.2) is 0 Å². The lowest BCUT2D eigenvalue weighted by Crippen LogP contribution is -2.41.